The molecule has 0 spiro atoms. The van der Waals surface area contributed by atoms with Gasteiger partial charge >= 0.3 is 7.12 Å². The van der Waals surface area contributed by atoms with E-state index in [2.05, 4.69) is 0 Å². The van der Waals surface area contributed by atoms with Gasteiger partial charge in [0.25, 0.3) is 0 Å². The van der Waals surface area contributed by atoms with Gasteiger partial charge in [-0.15, -0.1) is 0 Å². The maximum Gasteiger partial charge on any atom is 0.492 e. The molecule has 2 N–H and O–H groups in total. The minimum Gasteiger partial charge on any atom is -0.497 e. The van der Waals surface area contributed by atoms with Crippen molar-refractivity contribution in [3.05, 3.63) is 23.8 Å². The molecule has 0 unspecified atom stereocenters. The summed E-state index contributed by atoms with van der Waals surface area (Å²) in [7, 11) is 0.0242. The summed E-state index contributed by atoms with van der Waals surface area (Å²) in [5, 5.41) is 17.9. The van der Waals surface area contributed by atoms with Gasteiger partial charge in [0, 0.05) is 5.46 Å². The number of aryl methyl sites for hydroxylation is 1. The molecule has 0 atom stereocenters. The number of ether oxygens (including phenoxy) is 1. The molecule has 0 bridgehead atoms. The SMILES string of the molecule is COc1ccc(C)cc1B(O)O. The highest BCUT2D eigenvalue weighted by Crippen LogP contribution is 2.08. The van der Waals surface area contributed by atoms with Crippen molar-refractivity contribution in [1.82, 2.24) is 0 Å². The van der Waals surface area contributed by atoms with Gasteiger partial charge < -0.3 is 14.8 Å². The Morgan fingerprint density at radius 3 is 2.50 bits per heavy atom. The second kappa shape index (κ2) is 3.60. The molecule has 3 nitrogen and oxygen atoms in total. The van der Waals surface area contributed by atoms with Crippen LogP contribution >= 0.6 is 0 Å². The van der Waals surface area contributed by atoms with Gasteiger partial charge in [-0.25, -0.2) is 0 Å². The van der Waals surface area contributed by atoms with Crippen molar-refractivity contribution in [1.29, 1.82) is 0 Å². The van der Waals surface area contributed by atoms with Crippen LogP contribution in [-0.4, -0.2) is 24.3 Å². The predicted molar refractivity (Wildman–Crippen MR) is 47.6 cm³/mol. The molecule has 0 radical (unpaired) electrons. The highest BCUT2D eigenvalue weighted by Gasteiger charge is 2.16. The first-order valence-electron chi connectivity index (χ1n) is 3.66. The zero-order valence-corrected chi connectivity index (χ0v) is 7.11. The summed E-state index contributed by atoms with van der Waals surface area (Å²) in [4.78, 5) is 0. The van der Waals surface area contributed by atoms with Crippen molar-refractivity contribution in [3.63, 3.8) is 0 Å². The first-order chi connectivity index (χ1) is 5.65. The zero-order chi connectivity index (χ0) is 9.14. The molecule has 1 aromatic rings. The van der Waals surface area contributed by atoms with Gasteiger partial charge in [-0.3, -0.25) is 0 Å². The van der Waals surface area contributed by atoms with Crippen molar-refractivity contribution >= 4 is 12.6 Å². The lowest BCUT2D eigenvalue weighted by atomic mass is 9.79. The van der Waals surface area contributed by atoms with E-state index in [1.807, 2.05) is 13.0 Å². The number of hydrogen-bond acceptors (Lipinski definition) is 3. The number of hydrogen-bond donors (Lipinski definition) is 2. The molecule has 0 amide bonds. The zero-order valence-electron chi connectivity index (χ0n) is 7.11. The van der Waals surface area contributed by atoms with Crippen molar-refractivity contribution in [2.45, 2.75) is 6.92 Å². The van der Waals surface area contributed by atoms with Crippen LogP contribution in [0.4, 0.5) is 0 Å². The lowest BCUT2D eigenvalue weighted by Gasteiger charge is -2.07. The molecule has 1 aromatic carbocycles. The van der Waals surface area contributed by atoms with Gasteiger partial charge in [0.15, 0.2) is 0 Å². The van der Waals surface area contributed by atoms with Crippen LogP contribution in [0.1, 0.15) is 5.56 Å². The molecule has 0 saturated heterocycles. The number of rotatable bonds is 2. The Bertz CT molecular complexity index is 273. The summed E-state index contributed by atoms with van der Waals surface area (Å²) >= 11 is 0. The van der Waals surface area contributed by atoms with Crippen LogP contribution in [0.25, 0.3) is 0 Å². The standard InChI is InChI=1S/C8H11BO3/c1-6-3-4-8(12-2)7(5-6)9(10)11/h3-5,10-11H,1-2H3. The van der Waals surface area contributed by atoms with E-state index < -0.39 is 7.12 Å². The molecule has 1 rings (SSSR count). The first kappa shape index (κ1) is 9.10. The highest BCUT2D eigenvalue weighted by molar-refractivity contribution is 6.59. The summed E-state index contributed by atoms with van der Waals surface area (Å²) < 4.78 is 4.94. The molecule has 0 aliphatic carbocycles. The van der Waals surface area contributed by atoms with E-state index in [0.29, 0.717) is 11.2 Å². The normalized spacial score (nSPS) is 9.67. The van der Waals surface area contributed by atoms with Gasteiger partial charge in [-0.05, 0) is 13.0 Å². The predicted octanol–water partition coefficient (Wildman–Crippen LogP) is -0.317. The summed E-state index contributed by atoms with van der Waals surface area (Å²) in [6.45, 7) is 1.88. The smallest absolute Gasteiger partial charge is 0.492 e. The second-order valence-electron chi connectivity index (χ2n) is 2.62. The van der Waals surface area contributed by atoms with Crippen molar-refractivity contribution in [2.24, 2.45) is 0 Å². The van der Waals surface area contributed by atoms with Gasteiger partial charge in [-0.2, -0.15) is 0 Å². The second-order valence-corrected chi connectivity index (χ2v) is 2.62. The van der Waals surface area contributed by atoms with E-state index in [1.165, 1.54) is 7.11 Å². The maximum atomic E-state index is 8.94. The average molecular weight is 166 g/mol. The third-order valence-corrected chi connectivity index (χ3v) is 1.66. The Kier molecular flexibility index (Phi) is 2.73. The van der Waals surface area contributed by atoms with Crippen molar-refractivity contribution in [3.8, 4) is 5.75 Å². The summed E-state index contributed by atoms with van der Waals surface area (Å²) in [5.41, 5.74) is 1.37. The third-order valence-electron chi connectivity index (χ3n) is 1.66. The summed E-state index contributed by atoms with van der Waals surface area (Å²) in [6, 6.07) is 5.25. The number of methoxy groups -OCH3 is 1. The van der Waals surface area contributed by atoms with Gasteiger partial charge in [-0.1, -0.05) is 17.7 Å². The Hall–Kier alpha value is -0.995. The molecule has 0 aromatic heterocycles. The molecule has 0 aliphatic heterocycles. The van der Waals surface area contributed by atoms with Gasteiger partial charge in [0.1, 0.15) is 5.75 Å². The Labute approximate surface area is 71.8 Å². The largest absolute Gasteiger partial charge is 0.497 e. The van der Waals surface area contributed by atoms with Crippen LogP contribution in [0.5, 0.6) is 5.75 Å². The van der Waals surface area contributed by atoms with Crippen LogP contribution in [0.2, 0.25) is 0 Å². The maximum absolute atomic E-state index is 8.94. The van der Waals surface area contributed by atoms with Crippen LogP contribution < -0.4 is 10.2 Å². The summed E-state index contributed by atoms with van der Waals surface area (Å²) in [6.07, 6.45) is 0. The van der Waals surface area contributed by atoms with Crippen LogP contribution in [0.15, 0.2) is 18.2 Å². The Balaban J connectivity index is 3.12. The first-order valence-corrected chi connectivity index (χ1v) is 3.66. The summed E-state index contributed by atoms with van der Waals surface area (Å²) in [5.74, 6) is 0.496. The highest BCUT2D eigenvalue weighted by atomic mass is 16.5. The van der Waals surface area contributed by atoms with Gasteiger partial charge in [0.2, 0.25) is 0 Å². The van der Waals surface area contributed by atoms with E-state index in [-0.39, 0.29) is 0 Å². The lowest BCUT2D eigenvalue weighted by Crippen LogP contribution is -2.31. The van der Waals surface area contributed by atoms with Crippen molar-refractivity contribution < 1.29 is 14.8 Å². The monoisotopic (exact) mass is 166 g/mol. The lowest BCUT2D eigenvalue weighted by molar-refractivity contribution is 0.403. The van der Waals surface area contributed by atoms with E-state index in [4.69, 9.17) is 14.8 Å². The molecular weight excluding hydrogens is 155 g/mol. The molecule has 64 valence electrons. The van der Waals surface area contributed by atoms with E-state index in [0.717, 1.165) is 5.56 Å². The average Bonchev–Trinajstić information content (AvgIpc) is 2.04. The fourth-order valence-electron chi connectivity index (χ4n) is 1.06. The molecule has 4 heteroatoms. The fourth-order valence-corrected chi connectivity index (χ4v) is 1.06. The minimum atomic E-state index is -1.47. The third kappa shape index (κ3) is 1.78. The van der Waals surface area contributed by atoms with Gasteiger partial charge in [0.05, 0.1) is 7.11 Å². The van der Waals surface area contributed by atoms with E-state index >= 15 is 0 Å². The quantitative estimate of drug-likeness (QED) is 0.592. The van der Waals surface area contributed by atoms with Crippen LogP contribution in [0, 0.1) is 6.92 Å². The molecule has 0 aliphatic rings. The molecule has 0 fully saturated rings. The topological polar surface area (TPSA) is 49.7 Å². The van der Waals surface area contributed by atoms with E-state index in [9.17, 15) is 0 Å². The van der Waals surface area contributed by atoms with E-state index in [1.54, 1.807) is 12.1 Å². The minimum absolute atomic E-state index is 0.400. The number of benzene rings is 1. The van der Waals surface area contributed by atoms with Crippen LogP contribution in [-0.2, 0) is 0 Å². The molecule has 12 heavy (non-hydrogen) atoms. The van der Waals surface area contributed by atoms with Crippen LogP contribution in [0.3, 0.4) is 0 Å². The molecular formula is C8H11BO3. The Morgan fingerprint density at radius 1 is 1.33 bits per heavy atom. The Morgan fingerprint density at radius 2 is 2.00 bits per heavy atom. The molecule has 0 heterocycles. The molecule has 0 saturated carbocycles. The van der Waals surface area contributed by atoms with Crippen molar-refractivity contribution in [2.75, 3.05) is 7.11 Å². The fraction of sp³-hybridized carbons (Fsp3) is 0.250.